The number of aromatic amines is 1. The van der Waals surface area contributed by atoms with Gasteiger partial charge in [0.2, 0.25) is 5.91 Å². The lowest BCUT2D eigenvalue weighted by Gasteiger charge is -1.92. The van der Waals surface area contributed by atoms with Gasteiger partial charge in [-0.25, -0.2) is 0 Å². The minimum atomic E-state index is -0.484. The number of primary amides is 1. The number of benzene rings is 1. The third kappa shape index (κ3) is 1.23. The minimum Gasteiger partial charge on any atom is -0.366 e. The van der Waals surface area contributed by atoms with E-state index in [1.807, 2.05) is 0 Å². The third-order valence-corrected chi connectivity index (χ3v) is 2.61. The Bertz CT molecular complexity index is 526. The maximum Gasteiger partial charge on any atom is 0.265 e. The fraction of sp³-hybridized carbons (Fsp3) is 0. The van der Waals surface area contributed by atoms with Crippen molar-refractivity contribution in [2.75, 3.05) is 0 Å². The van der Waals surface area contributed by atoms with E-state index in [2.05, 4.69) is 4.37 Å². The number of hydrogen-bond donors (Lipinski definition) is 2. The highest BCUT2D eigenvalue weighted by molar-refractivity contribution is 7.13. The largest absolute Gasteiger partial charge is 0.366 e. The first kappa shape index (κ1) is 8.00. The summed E-state index contributed by atoms with van der Waals surface area (Å²) in [6.07, 6.45) is 0. The molecule has 0 bridgehead atoms. The molecule has 0 fully saturated rings. The van der Waals surface area contributed by atoms with Gasteiger partial charge in [-0.2, -0.15) is 0 Å². The molecular formula is C8H6N2O2S. The molecule has 2 aromatic rings. The van der Waals surface area contributed by atoms with Crippen molar-refractivity contribution in [1.29, 1.82) is 0 Å². The number of hydrogen-bond acceptors (Lipinski definition) is 3. The molecule has 1 amide bonds. The highest BCUT2D eigenvalue weighted by Crippen LogP contribution is 2.15. The molecule has 13 heavy (non-hydrogen) atoms. The second-order valence-electron chi connectivity index (χ2n) is 2.61. The molecule has 0 aliphatic rings. The lowest BCUT2D eigenvalue weighted by atomic mass is 10.2. The van der Waals surface area contributed by atoms with Gasteiger partial charge in [0, 0.05) is 5.56 Å². The van der Waals surface area contributed by atoms with Crippen molar-refractivity contribution in [3.05, 3.63) is 34.1 Å². The number of amides is 1. The topological polar surface area (TPSA) is 76.0 Å². The summed E-state index contributed by atoms with van der Waals surface area (Å²) >= 11 is 1.20. The van der Waals surface area contributed by atoms with Gasteiger partial charge in [-0.15, -0.1) is 0 Å². The van der Waals surface area contributed by atoms with Gasteiger partial charge in [0.15, 0.2) is 0 Å². The number of fused-ring (bicyclic) bond motifs is 1. The van der Waals surface area contributed by atoms with E-state index in [4.69, 9.17) is 5.73 Å². The summed E-state index contributed by atoms with van der Waals surface area (Å²) in [5.41, 5.74) is 5.38. The number of H-pyrrole nitrogens is 1. The molecule has 0 saturated heterocycles. The lowest BCUT2D eigenvalue weighted by molar-refractivity contribution is 0.100. The Kier molecular flexibility index (Phi) is 1.66. The van der Waals surface area contributed by atoms with Gasteiger partial charge in [0.25, 0.3) is 5.56 Å². The van der Waals surface area contributed by atoms with Crippen LogP contribution in [0.3, 0.4) is 0 Å². The molecule has 5 heteroatoms. The Morgan fingerprint density at radius 2 is 2.23 bits per heavy atom. The van der Waals surface area contributed by atoms with Crippen LogP contribution in [0.1, 0.15) is 10.4 Å². The summed E-state index contributed by atoms with van der Waals surface area (Å²) in [5, 5.41) is 0.593. The standard InChI is InChI=1S/C8H6N2O2S/c9-7(11)4-1-2-5-6(3-4)13-10-8(5)12/h1-3H,(H2,9,11)(H,10,12). The van der Waals surface area contributed by atoms with Crippen molar-refractivity contribution in [2.45, 2.75) is 0 Å². The van der Waals surface area contributed by atoms with Crippen LogP contribution in [-0.4, -0.2) is 10.3 Å². The first-order chi connectivity index (χ1) is 6.18. The maximum atomic E-state index is 11.1. The molecule has 66 valence electrons. The lowest BCUT2D eigenvalue weighted by Crippen LogP contribution is -2.10. The van der Waals surface area contributed by atoms with E-state index in [9.17, 15) is 9.59 Å². The molecule has 0 spiro atoms. The SMILES string of the molecule is NC(=O)c1ccc2c(=O)[nH]sc2c1. The summed E-state index contributed by atoms with van der Waals surface area (Å²) in [6, 6.07) is 4.76. The molecule has 0 aliphatic heterocycles. The molecule has 0 aliphatic carbocycles. The summed E-state index contributed by atoms with van der Waals surface area (Å²) < 4.78 is 3.33. The fourth-order valence-electron chi connectivity index (χ4n) is 1.10. The molecule has 3 N–H and O–H groups in total. The predicted octanol–water partition coefficient (Wildman–Crippen LogP) is 0.688. The first-order valence-corrected chi connectivity index (χ1v) is 4.41. The molecule has 0 unspecified atom stereocenters. The van der Waals surface area contributed by atoms with Crippen LogP contribution >= 0.6 is 11.5 Å². The summed E-state index contributed by atoms with van der Waals surface area (Å²) in [6.45, 7) is 0. The van der Waals surface area contributed by atoms with Gasteiger partial charge in [-0.1, -0.05) is 11.5 Å². The van der Waals surface area contributed by atoms with Crippen molar-refractivity contribution >= 4 is 27.5 Å². The Balaban J connectivity index is 2.77. The number of carbonyl (C=O) groups is 1. The van der Waals surface area contributed by atoms with Crippen LogP contribution < -0.4 is 11.3 Å². The number of nitrogens with one attached hydrogen (secondary N) is 1. The molecule has 2 rings (SSSR count). The van der Waals surface area contributed by atoms with Crippen molar-refractivity contribution in [1.82, 2.24) is 4.37 Å². The molecule has 1 aromatic carbocycles. The summed E-state index contributed by atoms with van der Waals surface area (Å²) in [5.74, 6) is -0.484. The van der Waals surface area contributed by atoms with Gasteiger partial charge in [0.05, 0.1) is 10.1 Å². The Morgan fingerprint density at radius 1 is 1.46 bits per heavy atom. The molecule has 4 nitrogen and oxygen atoms in total. The minimum absolute atomic E-state index is 0.129. The van der Waals surface area contributed by atoms with Crippen LogP contribution in [0.25, 0.3) is 10.1 Å². The summed E-state index contributed by atoms with van der Waals surface area (Å²) in [7, 11) is 0. The molecule has 0 atom stereocenters. The van der Waals surface area contributed by atoms with Gasteiger partial charge in [-0.3, -0.25) is 14.0 Å². The van der Waals surface area contributed by atoms with E-state index in [1.165, 1.54) is 11.5 Å². The van der Waals surface area contributed by atoms with Crippen molar-refractivity contribution in [3.8, 4) is 0 Å². The van der Waals surface area contributed by atoms with Gasteiger partial charge < -0.3 is 5.73 Å². The van der Waals surface area contributed by atoms with E-state index in [-0.39, 0.29) is 5.56 Å². The Labute approximate surface area is 77.1 Å². The van der Waals surface area contributed by atoms with Gasteiger partial charge >= 0.3 is 0 Å². The van der Waals surface area contributed by atoms with Crippen LogP contribution in [0.15, 0.2) is 23.0 Å². The van der Waals surface area contributed by atoms with E-state index in [0.717, 1.165) is 4.70 Å². The van der Waals surface area contributed by atoms with Crippen LogP contribution in [-0.2, 0) is 0 Å². The normalized spacial score (nSPS) is 10.5. The van der Waals surface area contributed by atoms with E-state index < -0.39 is 5.91 Å². The van der Waals surface area contributed by atoms with Gasteiger partial charge in [0.1, 0.15) is 0 Å². The van der Waals surface area contributed by atoms with Crippen molar-refractivity contribution in [3.63, 3.8) is 0 Å². The number of rotatable bonds is 1. The average molecular weight is 194 g/mol. The van der Waals surface area contributed by atoms with Crippen LogP contribution in [0.2, 0.25) is 0 Å². The zero-order valence-electron chi connectivity index (χ0n) is 6.53. The fourth-order valence-corrected chi connectivity index (χ4v) is 1.87. The van der Waals surface area contributed by atoms with E-state index in [1.54, 1.807) is 18.2 Å². The third-order valence-electron chi connectivity index (χ3n) is 1.76. The van der Waals surface area contributed by atoms with E-state index in [0.29, 0.717) is 10.9 Å². The number of nitrogens with two attached hydrogens (primary N) is 1. The number of carbonyl (C=O) groups excluding carboxylic acids is 1. The van der Waals surface area contributed by atoms with Crippen molar-refractivity contribution < 1.29 is 4.79 Å². The Hall–Kier alpha value is -1.62. The van der Waals surface area contributed by atoms with Gasteiger partial charge in [-0.05, 0) is 18.2 Å². The molecule has 1 heterocycles. The van der Waals surface area contributed by atoms with Crippen LogP contribution in [0.5, 0.6) is 0 Å². The summed E-state index contributed by atoms with van der Waals surface area (Å²) in [4.78, 5) is 21.9. The van der Waals surface area contributed by atoms with Crippen LogP contribution in [0.4, 0.5) is 0 Å². The average Bonchev–Trinajstić information content (AvgIpc) is 2.47. The highest BCUT2D eigenvalue weighted by Gasteiger charge is 2.04. The zero-order valence-corrected chi connectivity index (χ0v) is 7.35. The zero-order chi connectivity index (χ0) is 9.42. The van der Waals surface area contributed by atoms with E-state index >= 15 is 0 Å². The number of aromatic nitrogens is 1. The smallest absolute Gasteiger partial charge is 0.265 e. The Morgan fingerprint density at radius 3 is 2.92 bits per heavy atom. The second-order valence-corrected chi connectivity index (χ2v) is 3.46. The highest BCUT2D eigenvalue weighted by atomic mass is 32.1. The second kappa shape index (κ2) is 2.70. The molecule has 0 saturated carbocycles. The van der Waals surface area contributed by atoms with Crippen LogP contribution in [0, 0.1) is 0 Å². The maximum absolute atomic E-state index is 11.1. The first-order valence-electron chi connectivity index (χ1n) is 3.59. The molecular weight excluding hydrogens is 188 g/mol. The van der Waals surface area contributed by atoms with Crippen molar-refractivity contribution in [2.24, 2.45) is 5.73 Å². The predicted molar refractivity (Wildman–Crippen MR) is 51.0 cm³/mol. The monoisotopic (exact) mass is 194 g/mol. The molecule has 0 radical (unpaired) electrons. The quantitative estimate of drug-likeness (QED) is 0.700. The molecule has 1 aromatic heterocycles.